The van der Waals surface area contributed by atoms with Crippen LogP contribution < -0.4 is 0 Å². The van der Waals surface area contributed by atoms with Gasteiger partial charge in [0.15, 0.2) is 0 Å². The molecule has 126 valence electrons. The van der Waals surface area contributed by atoms with E-state index < -0.39 is 24.4 Å². The van der Waals surface area contributed by atoms with Crippen molar-refractivity contribution in [2.75, 3.05) is 19.8 Å². The van der Waals surface area contributed by atoms with Gasteiger partial charge in [-0.25, -0.2) is 0 Å². The van der Waals surface area contributed by atoms with E-state index in [4.69, 9.17) is 9.47 Å². The average Bonchev–Trinajstić information content (AvgIpc) is 2.82. The highest BCUT2D eigenvalue weighted by molar-refractivity contribution is 4.88. The molecule has 0 bridgehead atoms. The van der Waals surface area contributed by atoms with Gasteiger partial charge in [-0.3, -0.25) is 0 Å². The molecule has 1 aliphatic rings. The Morgan fingerprint density at radius 3 is 2.19 bits per heavy atom. The molecular weight excluding hydrogens is 272 g/mol. The molecule has 5 heteroatoms. The fraction of sp³-hybridized carbons (Fsp3) is 1.00. The first-order valence-electron chi connectivity index (χ1n) is 8.40. The standard InChI is InChI=1S/C16H32O5/c1-2-3-4-5-6-7-8-9-10-20-14(11-17)16-15(19)13(18)12-21-16/h13-19H,2-12H2,1H3/t13-,14+,15+,16+/m1/s1. The van der Waals surface area contributed by atoms with Gasteiger partial charge in [-0.1, -0.05) is 51.9 Å². The third-order valence-corrected chi connectivity index (χ3v) is 4.07. The van der Waals surface area contributed by atoms with Crippen LogP contribution in [0.5, 0.6) is 0 Å². The third-order valence-electron chi connectivity index (χ3n) is 4.07. The Labute approximate surface area is 128 Å². The zero-order chi connectivity index (χ0) is 15.5. The Hall–Kier alpha value is -0.200. The first kappa shape index (κ1) is 18.8. The number of hydrogen-bond donors (Lipinski definition) is 3. The van der Waals surface area contributed by atoms with E-state index in [-0.39, 0.29) is 13.2 Å². The van der Waals surface area contributed by atoms with E-state index in [1.807, 2.05) is 0 Å². The number of rotatable bonds is 12. The lowest BCUT2D eigenvalue weighted by Gasteiger charge is -2.24. The lowest BCUT2D eigenvalue weighted by molar-refractivity contribution is -0.101. The number of ether oxygens (including phenoxy) is 2. The third kappa shape index (κ3) is 7.06. The first-order valence-corrected chi connectivity index (χ1v) is 8.40. The summed E-state index contributed by atoms with van der Waals surface area (Å²) in [6, 6.07) is 0. The van der Waals surface area contributed by atoms with Gasteiger partial charge in [-0.05, 0) is 6.42 Å². The maximum Gasteiger partial charge on any atom is 0.114 e. The summed E-state index contributed by atoms with van der Waals surface area (Å²) in [5.74, 6) is 0. The summed E-state index contributed by atoms with van der Waals surface area (Å²) < 4.78 is 10.9. The van der Waals surface area contributed by atoms with Crippen molar-refractivity contribution in [3.05, 3.63) is 0 Å². The minimum Gasteiger partial charge on any atom is -0.394 e. The molecule has 0 radical (unpaired) electrons. The molecule has 4 atom stereocenters. The van der Waals surface area contributed by atoms with Crippen LogP contribution in [-0.4, -0.2) is 59.6 Å². The Bertz CT molecular complexity index is 249. The van der Waals surface area contributed by atoms with Gasteiger partial charge in [0.05, 0.1) is 13.2 Å². The molecule has 0 amide bonds. The van der Waals surface area contributed by atoms with E-state index in [1.165, 1.54) is 38.5 Å². The average molecular weight is 304 g/mol. The number of hydrogen-bond acceptors (Lipinski definition) is 5. The molecule has 0 aromatic heterocycles. The van der Waals surface area contributed by atoms with Crippen LogP contribution in [-0.2, 0) is 9.47 Å². The van der Waals surface area contributed by atoms with E-state index in [0.717, 1.165) is 12.8 Å². The van der Waals surface area contributed by atoms with Crippen LogP contribution in [0.1, 0.15) is 58.3 Å². The highest BCUT2D eigenvalue weighted by Crippen LogP contribution is 2.19. The van der Waals surface area contributed by atoms with E-state index in [1.54, 1.807) is 0 Å². The summed E-state index contributed by atoms with van der Waals surface area (Å²) in [4.78, 5) is 0. The number of unbranched alkanes of at least 4 members (excludes halogenated alkanes) is 7. The predicted octanol–water partition coefficient (Wildman–Crippen LogP) is 1.63. The van der Waals surface area contributed by atoms with Crippen LogP contribution in [0, 0.1) is 0 Å². The van der Waals surface area contributed by atoms with E-state index >= 15 is 0 Å². The maximum absolute atomic E-state index is 9.74. The monoisotopic (exact) mass is 304 g/mol. The number of aliphatic hydroxyl groups excluding tert-OH is 3. The van der Waals surface area contributed by atoms with E-state index in [0.29, 0.717) is 6.61 Å². The second-order valence-electron chi connectivity index (χ2n) is 5.92. The van der Waals surface area contributed by atoms with Crippen molar-refractivity contribution in [3.63, 3.8) is 0 Å². The van der Waals surface area contributed by atoms with Crippen molar-refractivity contribution in [1.29, 1.82) is 0 Å². The van der Waals surface area contributed by atoms with Gasteiger partial charge < -0.3 is 24.8 Å². The normalized spacial score (nSPS) is 27.1. The van der Waals surface area contributed by atoms with Gasteiger partial charge in [0.2, 0.25) is 0 Å². The van der Waals surface area contributed by atoms with Crippen molar-refractivity contribution in [3.8, 4) is 0 Å². The van der Waals surface area contributed by atoms with Gasteiger partial charge in [-0.2, -0.15) is 0 Å². The fourth-order valence-corrected chi connectivity index (χ4v) is 2.68. The molecule has 1 fully saturated rings. The molecule has 0 unspecified atom stereocenters. The molecule has 1 aliphatic heterocycles. The summed E-state index contributed by atoms with van der Waals surface area (Å²) in [6.07, 6.45) is 6.80. The second-order valence-corrected chi connectivity index (χ2v) is 5.92. The van der Waals surface area contributed by atoms with Crippen LogP contribution in [0.3, 0.4) is 0 Å². The lowest BCUT2D eigenvalue weighted by atomic mass is 10.1. The predicted molar refractivity (Wildman–Crippen MR) is 81.2 cm³/mol. The Kier molecular flexibility index (Phi) is 10.2. The molecular formula is C16H32O5. The van der Waals surface area contributed by atoms with Crippen LogP contribution in [0.15, 0.2) is 0 Å². The topological polar surface area (TPSA) is 79.2 Å². The first-order chi connectivity index (χ1) is 10.2. The van der Waals surface area contributed by atoms with Gasteiger partial charge in [0, 0.05) is 6.61 Å². The summed E-state index contributed by atoms with van der Waals surface area (Å²) >= 11 is 0. The minimum atomic E-state index is -0.972. The van der Waals surface area contributed by atoms with Crippen LogP contribution in [0.25, 0.3) is 0 Å². The van der Waals surface area contributed by atoms with Gasteiger partial charge in [0.1, 0.15) is 24.4 Å². The van der Waals surface area contributed by atoms with Crippen molar-refractivity contribution >= 4 is 0 Å². The minimum absolute atomic E-state index is 0.101. The fourth-order valence-electron chi connectivity index (χ4n) is 2.68. The smallest absolute Gasteiger partial charge is 0.114 e. The lowest BCUT2D eigenvalue weighted by Crippen LogP contribution is -2.42. The van der Waals surface area contributed by atoms with Gasteiger partial charge >= 0.3 is 0 Å². The summed E-state index contributed by atoms with van der Waals surface area (Å²) in [7, 11) is 0. The van der Waals surface area contributed by atoms with E-state index in [9.17, 15) is 15.3 Å². The number of aliphatic hydroxyl groups is 3. The summed E-state index contributed by atoms with van der Waals surface area (Å²) in [5, 5.41) is 28.5. The van der Waals surface area contributed by atoms with Gasteiger partial charge in [0.25, 0.3) is 0 Å². The molecule has 1 rings (SSSR count). The molecule has 0 aromatic rings. The second kappa shape index (κ2) is 11.4. The maximum atomic E-state index is 9.74. The van der Waals surface area contributed by atoms with E-state index in [2.05, 4.69) is 6.92 Å². The summed E-state index contributed by atoms with van der Waals surface area (Å²) in [6.45, 7) is 2.68. The van der Waals surface area contributed by atoms with Gasteiger partial charge in [-0.15, -0.1) is 0 Å². The van der Waals surface area contributed by atoms with Crippen LogP contribution in [0.4, 0.5) is 0 Å². The Morgan fingerprint density at radius 1 is 1.05 bits per heavy atom. The van der Waals surface area contributed by atoms with Crippen molar-refractivity contribution in [2.45, 2.75) is 82.7 Å². The van der Waals surface area contributed by atoms with Crippen molar-refractivity contribution in [1.82, 2.24) is 0 Å². The van der Waals surface area contributed by atoms with Crippen molar-refractivity contribution < 1.29 is 24.8 Å². The van der Waals surface area contributed by atoms with Crippen LogP contribution in [0.2, 0.25) is 0 Å². The molecule has 0 aliphatic carbocycles. The van der Waals surface area contributed by atoms with Crippen LogP contribution >= 0.6 is 0 Å². The highest BCUT2D eigenvalue weighted by atomic mass is 16.6. The molecule has 0 saturated carbocycles. The summed E-state index contributed by atoms with van der Waals surface area (Å²) in [5.41, 5.74) is 0. The molecule has 5 nitrogen and oxygen atoms in total. The van der Waals surface area contributed by atoms with Crippen molar-refractivity contribution in [2.24, 2.45) is 0 Å². The molecule has 0 spiro atoms. The zero-order valence-electron chi connectivity index (χ0n) is 13.2. The largest absolute Gasteiger partial charge is 0.394 e. The Balaban J connectivity index is 2.02. The molecule has 1 saturated heterocycles. The molecule has 21 heavy (non-hydrogen) atoms. The molecule has 1 heterocycles. The highest BCUT2D eigenvalue weighted by Gasteiger charge is 2.40. The quantitative estimate of drug-likeness (QED) is 0.478. The molecule has 3 N–H and O–H groups in total. The Morgan fingerprint density at radius 2 is 1.67 bits per heavy atom. The SMILES string of the molecule is CCCCCCCCCCO[C@@H](CO)[C@@H]1OC[C@@H](O)[C@@H]1O. The molecule has 0 aromatic carbocycles. The zero-order valence-corrected chi connectivity index (χ0v) is 13.2.